The number of hydrogen-bond donors (Lipinski definition) is 2. The Kier molecular flexibility index (Phi) is 3.83. The number of alkyl halides is 3. The molecule has 1 atom stereocenters. The van der Waals surface area contributed by atoms with Crippen LogP contribution in [0.1, 0.15) is 28.6 Å². The lowest BCUT2D eigenvalue weighted by Gasteiger charge is -2.10. The average molecular weight is 321 g/mol. The highest BCUT2D eigenvalue weighted by atomic mass is 19.4. The fraction of sp³-hybridized carbons (Fsp3) is 0.188. The zero-order valence-corrected chi connectivity index (χ0v) is 12.0. The summed E-state index contributed by atoms with van der Waals surface area (Å²) in [6, 6.07) is 8.65. The van der Waals surface area contributed by atoms with E-state index in [2.05, 4.69) is 4.98 Å². The Hall–Kier alpha value is -2.38. The lowest BCUT2D eigenvalue weighted by atomic mass is 10.0. The first-order valence-electron chi connectivity index (χ1n) is 6.90. The van der Waals surface area contributed by atoms with Crippen molar-refractivity contribution in [1.82, 2.24) is 9.38 Å². The predicted octanol–water partition coefficient (Wildman–Crippen LogP) is 2.89. The molecule has 0 radical (unpaired) electrons. The summed E-state index contributed by atoms with van der Waals surface area (Å²) in [7, 11) is 0. The van der Waals surface area contributed by atoms with Crippen molar-refractivity contribution >= 4 is 5.52 Å². The molecule has 0 bridgehead atoms. The van der Waals surface area contributed by atoms with E-state index < -0.39 is 18.0 Å². The number of benzene rings is 1. The first-order valence-corrected chi connectivity index (χ1v) is 6.90. The van der Waals surface area contributed by atoms with Gasteiger partial charge in [-0.25, -0.2) is 4.98 Å². The number of hydrogen-bond acceptors (Lipinski definition) is 3. The molecule has 3 N–H and O–H groups in total. The third kappa shape index (κ3) is 3.06. The molecule has 2 heterocycles. The maximum Gasteiger partial charge on any atom is 0.416 e. The Balaban J connectivity index is 1.97. The molecule has 0 saturated heterocycles. The van der Waals surface area contributed by atoms with Gasteiger partial charge < -0.3 is 15.2 Å². The van der Waals surface area contributed by atoms with Crippen LogP contribution >= 0.6 is 0 Å². The molecule has 23 heavy (non-hydrogen) atoms. The summed E-state index contributed by atoms with van der Waals surface area (Å²) in [6.45, 7) is 0. The van der Waals surface area contributed by atoms with Crippen LogP contribution in [0.5, 0.6) is 0 Å². The number of halogens is 3. The third-order valence-corrected chi connectivity index (χ3v) is 3.63. The summed E-state index contributed by atoms with van der Waals surface area (Å²) in [5.41, 5.74) is 7.39. The Morgan fingerprint density at radius 2 is 1.87 bits per heavy atom. The number of aliphatic hydroxyl groups excluding tert-OH is 1. The SMILES string of the molecule is NC(O)c1ncn2cccc(Cc3ccc(C(F)(F)F)cc3)c12. The summed E-state index contributed by atoms with van der Waals surface area (Å²) in [5.74, 6) is 0. The first-order chi connectivity index (χ1) is 10.9. The Bertz CT molecular complexity index is 823. The van der Waals surface area contributed by atoms with Gasteiger partial charge in [0.25, 0.3) is 0 Å². The van der Waals surface area contributed by atoms with E-state index in [4.69, 9.17) is 5.73 Å². The highest BCUT2D eigenvalue weighted by molar-refractivity contribution is 5.60. The van der Waals surface area contributed by atoms with Crippen LogP contribution in [-0.2, 0) is 12.6 Å². The maximum absolute atomic E-state index is 12.6. The number of imidazole rings is 1. The molecular formula is C16H14F3N3O. The fourth-order valence-corrected chi connectivity index (χ4v) is 2.54. The van der Waals surface area contributed by atoms with Gasteiger partial charge in [0, 0.05) is 6.20 Å². The van der Waals surface area contributed by atoms with Crippen molar-refractivity contribution in [3.05, 3.63) is 71.3 Å². The van der Waals surface area contributed by atoms with E-state index in [-0.39, 0.29) is 0 Å². The van der Waals surface area contributed by atoms with Gasteiger partial charge in [-0.05, 0) is 35.7 Å². The van der Waals surface area contributed by atoms with E-state index in [1.807, 2.05) is 6.07 Å². The van der Waals surface area contributed by atoms with Crippen molar-refractivity contribution in [2.75, 3.05) is 0 Å². The highest BCUT2D eigenvalue weighted by Crippen LogP contribution is 2.29. The second-order valence-corrected chi connectivity index (χ2v) is 5.24. The van der Waals surface area contributed by atoms with Crippen molar-refractivity contribution in [1.29, 1.82) is 0 Å². The van der Waals surface area contributed by atoms with Crippen LogP contribution in [0.4, 0.5) is 13.2 Å². The molecule has 2 aromatic heterocycles. The van der Waals surface area contributed by atoms with Crippen molar-refractivity contribution in [3.63, 3.8) is 0 Å². The van der Waals surface area contributed by atoms with E-state index in [1.165, 1.54) is 18.5 Å². The highest BCUT2D eigenvalue weighted by Gasteiger charge is 2.29. The lowest BCUT2D eigenvalue weighted by Crippen LogP contribution is -2.10. The zero-order chi connectivity index (χ0) is 16.6. The van der Waals surface area contributed by atoms with Crippen LogP contribution < -0.4 is 5.73 Å². The minimum absolute atomic E-state index is 0.340. The Labute approximate surface area is 130 Å². The molecule has 0 amide bonds. The molecule has 0 aliphatic rings. The fourth-order valence-electron chi connectivity index (χ4n) is 2.54. The van der Waals surface area contributed by atoms with Gasteiger partial charge in [0.05, 0.1) is 17.4 Å². The van der Waals surface area contributed by atoms with Crippen LogP contribution in [0, 0.1) is 0 Å². The molecule has 4 nitrogen and oxygen atoms in total. The summed E-state index contributed by atoms with van der Waals surface area (Å²) in [4.78, 5) is 4.08. The number of aromatic nitrogens is 2. The minimum Gasteiger partial charge on any atom is -0.373 e. The first kappa shape index (κ1) is 15.5. The van der Waals surface area contributed by atoms with E-state index in [9.17, 15) is 18.3 Å². The molecule has 120 valence electrons. The molecule has 0 saturated carbocycles. The average Bonchev–Trinajstić information content (AvgIpc) is 2.92. The molecule has 0 aliphatic heterocycles. The van der Waals surface area contributed by atoms with Gasteiger partial charge in [0.2, 0.25) is 0 Å². The second kappa shape index (κ2) is 5.68. The van der Waals surface area contributed by atoms with E-state index >= 15 is 0 Å². The number of rotatable bonds is 3. The largest absolute Gasteiger partial charge is 0.416 e. The molecule has 3 rings (SSSR count). The molecule has 7 heteroatoms. The van der Waals surface area contributed by atoms with Crippen molar-refractivity contribution < 1.29 is 18.3 Å². The van der Waals surface area contributed by atoms with E-state index in [0.29, 0.717) is 17.6 Å². The van der Waals surface area contributed by atoms with E-state index in [0.717, 1.165) is 23.3 Å². The summed E-state index contributed by atoms with van der Waals surface area (Å²) < 4.78 is 39.5. The number of nitrogens with two attached hydrogens (primary N) is 1. The Morgan fingerprint density at radius 1 is 1.17 bits per heavy atom. The van der Waals surface area contributed by atoms with Crippen LogP contribution in [0.15, 0.2) is 48.9 Å². The van der Waals surface area contributed by atoms with Gasteiger partial charge in [0.1, 0.15) is 11.9 Å². The van der Waals surface area contributed by atoms with Crippen LogP contribution in [-0.4, -0.2) is 14.5 Å². The van der Waals surface area contributed by atoms with Crippen molar-refractivity contribution in [2.24, 2.45) is 5.73 Å². The van der Waals surface area contributed by atoms with Gasteiger partial charge in [0.15, 0.2) is 0 Å². The second-order valence-electron chi connectivity index (χ2n) is 5.24. The molecule has 1 unspecified atom stereocenters. The number of fused-ring (bicyclic) bond motifs is 1. The number of nitrogens with zero attached hydrogens (tertiary/aromatic N) is 2. The predicted molar refractivity (Wildman–Crippen MR) is 78.6 cm³/mol. The maximum atomic E-state index is 12.6. The quantitative estimate of drug-likeness (QED) is 0.729. The molecule has 1 aromatic carbocycles. The Morgan fingerprint density at radius 3 is 2.48 bits per heavy atom. The zero-order valence-electron chi connectivity index (χ0n) is 12.0. The molecule has 0 spiro atoms. The number of aliphatic hydroxyl groups is 1. The summed E-state index contributed by atoms with van der Waals surface area (Å²) in [6.07, 6.45) is -1.84. The van der Waals surface area contributed by atoms with E-state index in [1.54, 1.807) is 16.7 Å². The van der Waals surface area contributed by atoms with Crippen molar-refractivity contribution in [2.45, 2.75) is 18.8 Å². The lowest BCUT2D eigenvalue weighted by molar-refractivity contribution is -0.137. The molecule has 0 fully saturated rings. The smallest absolute Gasteiger partial charge is 0.373 e. The summed E-state index contributed by atoms with van der Waals surface area (Å²) >= 11 is 0. The van der Waals surface area contributed by atoms with Gasteiger partial charge in [-0.2, -0.15) is 13.2 Å². The van der Waals surface area contributed by atoms with Gasteiger partial charge >= 0.3 is 6.18 Å². The van der Waals surface area contributed by atoms with Gasteiger partial charge in [-0.15, -0.1) is 0 Å². The van der Waals surface area contributed by atoms with Gasteiger partial charge in [-0.1, -0.05) is 18.2 Å². The molecule has 3 aromatic rings. The molecule has 0 aliphatic carbocycles. The topological polar surface area (TPSA) is 63.5 Å². The normalized spacial score (nSPS) is 13.4. The van der Waals surface area contributed by atoms with Crippen molar-refractivity contribution in [3.8, 4) is 0 Å². The minimum atomic E-state index is -4.35. The number of pyridine rings is 1. The van der Waals surface area contributed by atoms with Gasteiger partial charge in [-0.3, -0.25) is 0 Å². The standard InChI is InChI=1S/C16H14F3N3O/c17-16(18,19)12-5-3-10(4-6-12)8-11-2-1-7-22-9-21-13(14(11)22)15(20)23/h1-7,9,15,23H,8,20H2. The van der Waals surface area contributed by atoms with Crippen LogP contribution in [0.25, 0.3) is 5.52 Å². The van der Waals surface area contributed by atoms with Crippen LogP contribution in [0.2, 0.25) is 0 Å². The monoisotopic (exact) mass is 321 g/mol. The van der Waals surface area contributed by atoms with Crippen LogP contribution in [0.3, 0.4) is 0 Å². The third-order valence-electron chi connectivity index (χ3n) is 3.63. The summed E-state index contributed by atoms with van der Waals surface area (Å²) in [5, 5.41) is 9.60. The molecular weight excluding hydrogens is 307 g/mol.